The third-order valence-corrected chi connectivity index (χ3v) is 5.26. The van der Waals surface area contributed by atoms with Gasteiger partial charge in [-0.1, -0.05) is 18.2 Å². The standard InChI is InChI=1S/C21H31N3O3/c1-21(2,3)27-20(26)23-11-14-4-5-16-12-24(13-17(16)10-14)19(25)15-6-8-18(22)9-7-15/h4-5,10,15,18H,6-9,11-13,22H2,1-3H3,(H,23,26)/t15-,18-. The number of nitrogens with two attached hydrogens (primary N) is 1. The molecule has 1 aromatic carbocycles. The van der Waals surface area contributed by atoms with E-state index < -0.39 is 11.7 Å². The van der Waals surface area contributed by atoms with E-state index in [4.69, 9.17) is 10.5 Å². The molecule has 1 aromatic rings. The molecule has 6 nitrogen and oxygen atoms in total. The Morgan fingerprint density at radius 1 is 1.15 bits per heavy atom. The summed E-state index contributed by atoms with van der Waals surface area (Å²) in [6.45, 7) is 7.26. The van der Waals surface area contributed by atoms with Crippen molar-refractivity contribution in [1.29, 1.82) is 0 Å². The van der Waals surface area contributed by atoms with E-state index in [0.29, 0.717) is 19.6 Å². The maximum absolute atomic E-state index is 12.8. The van der Waals surface area contributed by atoms with Gasteiger partial charge in [0.25, 0.3) is 0 Å². The van der Waals surface area contributed by atoms with Gasteiger partial charge in [0.1, 0.15) is 5.60 Å². The van der Waals surface area contributed by atoms with Gasteiger partial charge in [-0.2, -0.15) is 0 Å². The third-order valence-electron chi connectivity index (χ3n) is 5.26. The molecule has 1 fully saturated rings. The summed E-state index contributed by atoms with van der Waals surface area (Å²) < 4.78 is 5.26. The first-order valence-corrected chi connectivity index (χ1v) is 9.83. The van der Waals surface area contributed by atoms with Crippen LogP contribution in [-0.4, -0.2) is 28.5 Å². The summed E-state index contributed by atoms with van der Waals surface area (Å²) in [4.78, 5) is 26.6. The number of fused-ring (bicyclic) bond motifs is 1. The second-order valence-electron chi connectivity index (χ2n) is 8.76. The van der Waals surface area contributed by atoms with Crippen molar-refractivity contribution in [2.75, 3.05) is 0 Å². The summed E-state index contributed by atoms with van der Waals surface area (Å²) in [5.74, 6) is 0.374. The maximum atomic E-state index is 12.8. The molecule has 0 aromatic heterocycles. The smallest absolute Gasteiger partial charge is 0.407 e. The predicted molar refractivity (Wildman–Crippen MR) is 104 cm³/mol. The first-order valence-electron chi connectivity index (χ1n) is 9.83. The van der Waals surface area contributed by atoms with Crippen LogP contribution in [0.1, 0.15) is 63.1 Å². The highest BCUT2D eigenvalue weighted by molar-refractivity contribution is 5.79. The van der Waals surface area contributed by atoms with Crippen LogP contribution < -0.4 is 11.1 Å². The number of hydrogen-bond donors (Lipinski definition) is 2. The highest BCUT2D eigenvalue weighted by atomic mass is 16.6. The Hall–Kier alpha value is -2.08. The van der Waals surface area contributed by atoms with Crippen molar-refractivity contribution in [3.05, 3.63) is 34.9 Å². The minimum atomic E-state index is -0.508. The lowest BCUT2D eigenvalue weighted by Crippen LogP contribution is -2.36. The normalized spacial score (nSPS) is 22.3. The van der Waals surface area contributed by atoms with E-state index in [2.05, 4.69) is 17.4 Å². The SMILES string of the molecule is CC(C)(C)OC(=O)NCc1ccc2c(c1)CN(C(=O)[C@H]1CC[C@H](N)CC1)C2. The van der Waals surface area contributed by atoms with Crippen molar-refractivity contribution in [2.45, 2.75) is 77.7 Å². The van der Waals surface area contributed by atoms with Crippen LogP contribution in [0.4, 0.5) is 4.79 Å². The molecule has 2 amide bonds. The minimum absolute atomic E-state index is 0.118. The minimum Gasteiger partial charge on any atom is -0.444 e. The van der Waals surface area contributed by atoms with Gasteiger partial charge in [-0.15, -0.1) is 0 Å². The van der Waals surface area contributed by atoms with Crippen LogP contribution in [-0.2, 0) is 29.2 Å². The molecular weight excluding hydrogens is 342 g/mol. The summed E-state index contributed by atoms with van der Waals surface area (Å²) in [6, 6.07) is 6.40. The van der Waals surface area contributed by atoms with Crippen LogP contribution >= 0.6 is 0 Å². The van der Waals surface area contributed by atoms with Crippen LogP contribution in [0.25, 0.3) is 0 Å². The number of nitrogens with one attached hydrogen (secondary N) is 1. The average Bonchev–Trinajstić information content (AvgIpc) is 3.02. The summed E-state index contributed by atoms with van der Waals surface area (Å²) in [5, 5.41) is 2.78. The summed E-state index contributed by atoms with van der Waals surface area (Å²) in [6.07, 6.45) is 3.26. The Morgan fingerprint density at radius 2 is 1.81 bits per heavy atom. The number of amides is 2. The molecule has 0 unspecified atom stereocenters. The zero-order valence-corrected chi connectivity index (χ0v) is 16.6. The number of rotatable bonds is 3. The number of ether oxygens (including phenoxy) is 1. The van der Waals surface area contributed by atoms with E-state index in [1.54, 1.807) is 0 Å². The molecule has 148 valence electrons. The monoisotopic (exact) mass is 373 g/mol. The van der Waals surface area contributed by atoms with Gasteiger partial charge in [0.2, 0.25) is 5.91 Å². The predicted octanol–water partition coefficient (Wildman–Crippen LogP) is 3.07. The lowest BCUT2D eigenvalue weighted by Gasteiger charge is -2.28. The lowest BCUT2D eigenvalue weighted by atomic mass is 9.85. The largest absolute Gasteiger partial charge is 0.444 e. The van der Waals surface area contributed by atoms with Crippen LogP contribution in [0.5, 0.6) is 0 Å². The molecule has 3 N–H and O–H groups in total. The molecule has 0 radical (unpaired) electrons. The lowest BCUT2D eigenvalue weighted by molar-refractivity contribution is -0.137. The topological polar surface area (TPSA) is 84.7 Å². The molecule has 2 aliphatic rings. The van der Waals surface area contributed by atoms with E-state index in [1.165, 1.54) is 11.1 Å². The molecule has 0 saturated heterocycles. The van der Waals surface area contributed by atoms with E-state index in [-0.39, 0.29) is 17.9 Å². The fourth-order valence-corrected chi connectivity index (χ4v) is 3.83. The average molecular weight is 373 g/mol. The number of alkyl carbamates (subject to hydrolysis) is 1. The number of carbonyl (C=O) groups is 2. The fraction of sp³-hybridized carbons (Fsp3) is 0.619. The van der Waals surface area contributed by atoms with Gasteiger partial charge in [-0.3, -0.25) is 4.79 Å². The zero-order valence-electron chi connectivity index (χ0n) is 16.6. The number of nitrogens with zero attached hydrogens (tertiary/aromatic N) is 1. The van der Waals surface area contributed by atoms with Crippen molar-refractivity contribution < 1.29 is 14.3 Å². The Balaban J connectivity index is 1.55. The molecule has 1 aliphatic heterocycles. The van der Waals surface area contributed by atoms with Gasteiger partial charge < -0.3 is 20.7 Å². The third kappa shape index (κ3) is 5.22. The van der Waals surface area contributed by atoms with Crippen LogP contribution in [0.2, 0.25) is 0 Å². The van der Waals surface area contributed by atoms with Crippen molar-refractivity contribution in [1.82, 2.24) is 10.2 Å². The second-order valence-corrected chi connectivity index (χ2v) is 8.76. The Kier molecular flexibility index (Phi) is 5.75. The molecule has 3 rings (SSSR count). The maximum Gasteiger partial charge on any atom is 0.407 e. The van der Waals surface area contributed by atoms with E-state index in [1.807, 2.05) is 31.7 Å². The first kappa shape index (κ1) is 19.7. The molecule has 27 heavy (non-hydrogen) atoms. The number of carbonyl (C=O) groups excluding carboxylic acids is 2. The van der Waals surface area contributed by atoms with Crippen LogP contribution in [0, 0.1) is 5.92 Å². The zero-order chi connectivity index (χ0) is 19.6. The van der Waals surface area contributed by atoms with Crippen molar-refractivity contribution in [3.63, 3.8) is 0 Å². The fourth-order valence-electron chi connectivity index (χ4n) is 3.83. The van der Waals surface area contributed by atoms with Gasteiger partial charge in [0.15, 0.2) is 0 Å². The van der Waals surface area contributed by atoms with Crippen molar-refractivity contribution in [2.24, 2.45) is 11.7 Å². The van der Waals surface area contributed by atoms with E-state index in [9.17, 15) is 9.59 Å². The van der Waals surface area contributed by atoms with Gasteiger partial charge in [-0.25, -0.2) is 4.79 Å². The van der Waals surface area contributed by atoms with E-state index >= 15 is 0 Å². The molecule has 1 saturated carbocycles. The first-order chi connectivity index (χ1) is 12.7. The number of benzene rings is 1. The van der Waals surface area contributed by atoms with Crippen molar-refractivity contribution in [3.8, 4) is 0 Å². The van der Waals surface area contributed by atoms with Gasteiger partial charge in [0.05, 0.1) is 0 Å². The molecule has 6 heteroatoms. The van der Waals surface area contributed by atoms with Crippen LogP contribution in [0.3, 0.4) is 0 Å². The summed E-state index contributed by atoms with van der Waals surface area (Å²) >= 11 is 0. The highest BCUT2D eigenvalue weighted by Crippen LogP contribution is 2.30. The van der Waals surface area contributed by atoms with Gasteiger partial charge in [-0.05, 0) is 63.1 Å². The molecule has 0 bridgehead atoms. The van der Waals surface area contributed by atoms with Crippen molar-refractivity contribution >= 4 is 12.0 Å². The molecule has 1 aliphatic carbocycles. The molecule has 0 spiro atoms. The van der Waals surface area contributed by atoms with E-state index in [0.717, 1.165) is 31.2 Å². The van der Waals surface area contributed by atoms with Gasteiger partial charge in [0, 0.05) is 31.6 Å². The Morgan fingerprint density at radius 3 is 2.48 bits per heavy atom. The quantitative estimate of drug-likeness (QED) is 0.853. The summed E-state index contributed by atoms with van der Waals surface area (Å²) in [5.41, 5.74) is 8.82. The van der Waals surface area contributed by atoms with Gasteiger partial charge >= 0.3 is 6.09 Å². The molecular formula is C21H31N3O3. The second kappa shape index (κ2) is 7.89. The Bertz CT molecular complexity index is 703. The van der Waals surface area contributed by atoms with Crippen LogP contribution in [0.15, 0.2) is 18.2 Å². The number of hydrogen-bond acceptors (Lipinski definition) is 4. The molecule has 0 atom stereocenters. The Labute approximate surface area is 161 Å². The summed E-state index contributed by atoms with van der Waals surface area (Å²) in [7, 11) is 0. The molecule has 1 heterocycles. The highest BCUT2D eigenvalue weighted by Gasteiger charge is 2.31.